The van der Waals surface area contributed by atoms with Crippen molar-refractivity contribution < 1.29 is 27.8 Å². The van der Waals surface area contributed by atoms with Crippen LogP contribution >= 0.6 is 7.75 Å². The number of nitrogens with two attached hydrogens (primary N) is 1. The second-order valence-electron chi connectivity index (χ2n) is 8.49. The fraction of sp³-hybridized carbons (Fsp3) is 0.737. The highest BCUT2D eigenvalue weighted by molar-refractivity contribution is 7.51. The van der Waals surface area contributed by atoms with E-state index in [0.29, 0.717) is 36.9 Å². The molecule has 5 unspecified atom stereocenters. The van der Waals surface area contributed by atoms with Crippen LogP contribution in [0.5, 0.6) is 5.88 Å². The van der Waals surface area contributed by atoms with Gasteiger partial charge in [-0.2, -0.15) is 9.97 Å². The number of imidazole rings is 1. The van der Waals surface area contributed by atoms with Crippen LogP contribution in [-0.4, -0.2) is 64.2 Å². The molecule has 0 radical (unpaired) electrons. The largest absolute Gasteiger partial charge is 0.476 e. The number of anilines is 1. The van der Waals surface area contributed by atoms with Crippen molar-refractivity contribution in [1.29, 1.82) is 0 Å². The van der Waals surface area contributed by atoms with Crippen LogP contribution in [0.1, 0.15) is 33.6 Å². The summed E-state index contributed by atoms with van der Waals surface area (Å²) in [6.45, 7) is 7.62. The van der Waals surface area contributed by atoms with Crippen molar-refractivity contribution in [3.05, 3.63) is 6.33 Å². The second kappa shape index (κ2) is 8.19. The molecule has 5 heterocycles. The monoisotopic (exact) mass is 468 g/mol. The van der Waals surface area contributed by atoms with E-state index < -0.39 is 25.7 Å². The standard InChI is InChI=1S/C19H29N6O6P/c1-4-28-17-14-16(22-18(20)23-17)25(10-21-14)19(3)11(2)15-13(30-19)9-29-32(26,31-15)24-12-5-7-27-8-6-12/h10-13,15H,4-9H2,1-3H3,(H,24,26)(H2,20,22,23). The van der Waals surface area contributed by atoms with Gasteiger partial charge in [0, 0.05) is 25.2 Å². The highest BCUT2D eigenvalue weighted by Crippen LogP contribution is 2.56. The number of ether oxygens (including phenoxy) is 3. The zero-order valence-electron chi connectivity index (χ0n) is 18.4. The van der Waals surface area contributed by atoms with E-state index in [1.54, 1.807) is 6.33 Å². The Morgan fingerprint density at radius 3 is 2.91 bits per heavy atom. The average molecular weight is 468 g/mol. The number of aromatic nitrogens is 4. The molecule has 176 valence electrons. The zero-order chi connectivity index (χ0) is 22.5. The molecule has 5 atom stereocenters. The number of nitrogens with one attached hydrogen (secondary N) is 1. The van der Waals surface area contributed by atoms with Gasteiger partial charge in [-0.15, -0.1) is 0 Å². The summed E-state index contributed by atoms with van der Waals surface area (Å²) in [7, 11) is -3.47. The first-order chi connectivity index (χ1) is 15.3. The van der Waals surface area contributed by atoms with Gasteiger partial charge in [-0.05, 0) is 26.7 Å². The Hall–Kier alpha value is -1.82. The molecule has 32 heavy (non-hydrogen) atoms. The lowest BCUT2D eigenvalue weighted by Crippen LogP contribution is -2.42. The summed E-state index contributed by atoms with van der Waals surface area (Å²) >= 11 is 0. The molecule has 12 nitrogen and oxygen atoms in total. The van der Waals surface area contributed by atoms with E-state index >= 15 is 0 Å². The summed E-state index contributed by atoms with van der Waals surface area (Å²) in [4.78, 5) is 13.0. The van der Waals surface area contributed by atoms with Crippen LogP contribution in [0.2, 0.25) is 0 Å². The number of fused-ring (bicyclic) bond motifs is 2. The van der Waals surface area contributed by atoms with Gasteiger partial charge in [0.2, 0.25) is 11.8 Å². The van der Waals surface area contributed by atoms with Crippen LogP contribution in [0.4, 0.5) is 5.95 Å². The van der Waals surface area contributed by atoms with E-state index in [2.05, 4.69) is 20.0 Å². The smallest absolute Gasteiger partial charge is 0.406 e. The molecule has 3 N–H and O–H groups in total. The Balaban J connectivity index is 1.42. The van der Waals surface area contributed by atoms with Gasteiger partial charge in [-0.1, -0.05) is 6.92 Å². The van der Waals surface area contributed by atoms with Gasteiger partial charge in [-0.25, -0.2) is 14.6 Å². The third kappa shape index (κ3) is 3.68. The quantitative estimate of drug-likeness (QED) is 0.620. The molecule has 3 aliphatic heterocycles. The Morgan fingerprint density at radius 1 is 1.38 bits per heavy atom. The normalized spacial score (nSPS) is 35.8. The Bertz CT molecular complexity index is 1040. The summed E-state index contributed by atoms with van der Waals surface area (Å²) in [5.74, 6) is 0.217. The van der Waals surface area contributed by atoms with Crippen molar-refractivity contribution in [1.82, 2.24) is 24.6 Å². The van der Waals surface area contributed by atoms with Crippen LogP contribution in [0.15, 0.2) is 6.33 Å². The number of hydrogen-bond donors (Lipinski definition) is 2. The zero-order valence-corrected chi connectivity index (χ0v) is 19.3. The summed E-state index contributed by atoms with van der Waals surface area (Å²) < 4.78 is 44.2. The highest BCUT2D eigenvalue weighted by atomic mass is 31.2. The van der Waals surface area contributed by atoms with E-state index in [1.807, 2.05) is 25.3 Å². The van der Waals surface area contributed by atoms with E-state index in [4.69, 9.17) is 29.0 Å². The fourth-order valence-electron chi connectivity index (χ4n) is 4.60. The molecule has 3 aliphatic rings. The van der Waals surface area contributed by atoms with Gasteiger partial charge in [-0.3, -0.25) is 13.6 Å². The molecule has 0 amide bonds. The SMILES string of the molecule is CCOc1nc(N)nc2c1ncn2C1(C)OC2COP(=O)(NC3CCOCC3)OC2C1C. The minimum Gasteiger partial charge on any atom is -0.476 e. The van der Waals surface area contributed by atoms with Crippen molar-refractivity contribution in [2.75, 3.05) is 32.2 Å². The van der Waals surface area contributed by atoms with Gasteiger partial charge in [0.05, 0.1) is 19.5 Å². The maximum atomic E-state index is 13.3. The molecule has 2 aromatic heterocycles. The van der Waals surface area contributed by atoms with Gasteiger partial charge in [0.1, 0.15) is 17.9 Å². The molecule has 3 fully saturated rings. The van der Waals surface area contributed by atoms with Crippen molar-refractivity contribution in [2.24, 2.45) is 5.92 Å². The van der Waals surface area contributed by atoms with Gasteiger partial charge in [0.25, 0.3) is 0 Å². The molecule has 3 saturated heterocycles. The molecule has 0 saturated carbocycles. The number of rotatable bonds is 5. The maximum absolute atomic E-state index is 13.3. The van der Waals surface area contributed by atoms with Crippen LogP contribution in [-0.2, 0) is 28.8 Å². The third-order valence-electron chi connectivity index (χ3n) is 6.47. The van der Waals surface area contributed by atoms with E-state index in [0.717, 1.165) is 12.8 Å². The van der Waals surface area contributed by atoms with E-state index in [-0.39, 0.29) is 24.5 Å². The first-order valence-corrected chi connectivity index (χ1v) is 12.5. The summed E-state index contributed by atoms with van der Waals surface area (Å²) in [5, 5.41) is 3.09. The lowest BCUT2D eigenvalue weighted by Gasteiger charge is -2.35. The van der Waals surface area contributed by atoms with E-state index in [1.165, 1.54) is 0 Å². The molecule has 0 aliphatic carbocycles. The topological polar surface area (TPSA) is 145 Å². The van der Waals surface area contributed by atoms with Crippen LogP contribution < -0.4 is 15.6 Å². The van der Waals surface area contributed by atoms with Gasteiger partial charge < -0.3 is 19.9 Å². The summed E-state index contributed by atoms with van der Waals surface area (Å²) in [6, 6.07) is 0.0319. The molecule has 0 aromatic carbocycles. The maximum Gasteiger partial charge on any atom is 0.406 e. The predicted octanol–water partition coefficient (Wildman–Crippen LogP) is 1.81. The molecule has 13 heteroatoms. The van der Waals surface area contributed by atoms with Crippen molar-refractivity contribution >= 4 is 24.9 Å². The minimum absolute atomic E-state index is 0.0319. The molecule has 5 rings (SSSR count). The minimum atomic E-state index is -3.47. The van der Waals surface area contributed by atoms with Crippen molar-refractivity contribution in [3.8, 4) is 5.88 Å². The van der Waals surface area contributed by atoms with Crippen LogP contribution in [0.3, 0.4) is 0 Å². The Morgan fingerprint density at radius 2 is 2.16 bits per heavy atom. The van der Waals surface area contributed by atoms with E-state index in [9.17, 15) is 4.57 Å². The lowest BCUT2D eigenvalue weighted by molar-refractivity contribution is -0.116. The van der Waals surface area contributed by atoms with Gasteiger partial charge >= 0.3 is 7.75 Å². The third-order valence-corrected chi connectivity index (χ3v) is 8.16. The molecular weight excluding hydrogens is 439 g/mol. The lowest BCUT2D eigenvalue weighted by atomic mass is 9.94. The van der Waals surface area contributed by atoms with Crippen molar-refractivity contribution in [2.45, 2.75) is 57.6 Å². The Kier molecular flexibility index (Phi) is 5.63. The molecule has 2 aromatic rings. The van der Waals surface area contributed by atoms with Crippen molar-refractivity contribution in [3.63, 3.8) is 0 Å². The predicted molar refractivity (Wildman–Crippen MR) is 114 cm³/mol. The first kappa shape index (κ1) is 22.0. The molecule has 0 spiro atoms. The second-order valence-corrected chi connectivity index (χ2v) is 10.2. The number of nitrogens with zero attached hydrogens (tertiary/aromatic N) is 4. The van der Waals surface area contributed by atoms with Gasteiger partial charge in [0.15, 0.2) is 11.2 Å². The summed E-state index contributed by atoms with van der Waals surface area (Å²) in [5.41, 5.74) is 6.03. The first-order valence-electron chi connectivity index (χ1n) is 10.9. The average Bonchev–Trinajstić information content (AvgIpc) is 3.29. The highest BCUT2D eigenvalue weighted by Gasteiger charge is 2.57. The number of nitrogen functional groups attached to an aromatic ring is 1. The molecular formula is C19H29N6O6P. The van der Waals surface area contributed by atoms with Crippen LogP contribution in [0, 0.1) is 5.92 Å². The van der Waals surface area contributed by atoms with Crippen LogP contribution in [0.25, 0.3) is 11.2 Å². The fourth-order valence-corrected chi connectivity index (χ4v) is 6.49. The summed E-state index contributed by atoms with van der Waals surface area (Å²) in [6.07, 6.45) is 2.33. The molecule has 0 bridgehead atoms. The number of hydrogen-bond acceptors (Lipinski definition) is 10. The Labute approximate surface area is 185 Å².